The van der Waals surface area contributed by atoms with Gasteiger partial charge < -0.3 is 10.3 Å². The average Bonchev–Trinajstić information content (AvgIpc) is 3.47. The highest BCUT2D eigenvalue weighted by atomic mass is 19.1. The van der Waals surface area contributed by atoms with Gasteiger partial charge in [0.2, 0.25) is 0 Å². The lowest BCUT2D eigenvalue weighted by molar-refractivity contribution is 0.628. The maximum Gasteiger partial charge on any atom is 0.157 e. The predicted octanol–water partition coefficient (Wildman–Crippen LogP) is 7.07. The number of aromatic amines is 1. The number of benzene rings is 2. The minimum Gasteiger partial charge on any atom is -0.335 e. The summed E-state index contributed by atoms with van der Waals surface area (Å²) < 4.78 is 14.0. The summed E-state index contributed by atoms with van der Waals surface area (Å²) in [5.41, 5.74) is 9.63. The topological polar surface area (TPSA) is 91.7 Å². The number of hydrogen-bond acceptors (Lipinski definition) is 6. The molecule has 0 amide bonds. The molecule has 8 heteroatoms. The second kappa shape index (κ2) is 12.8. The molecule has 214 valence electrons. The Morgan fingerprint density at radius 3 is 2.49 bits per heavy atom. The van der Waals surface area contributed by atoms with Crippen LogP contribution in [0.5, 0.6) is 0 Å². The van der Waals surface area contributed by atoms with E-state index in [0.717, 1.165) is 57.7 Å². The number of aliphatic imine (C=N–C) groups is 1. The first-order chi connectivity index (χ1) is 21.1. The number of halogens is 1. The minimum absolute atomic E-state index is 0.306. The fourth-order valence-corrected chi connectivity index (χ4v) is 5.04. The molecule has 43 heavy (non-hydrogen) atoms. The highest BCUT2D eigenvalue weighted by molar-refractivity contribution is 6.13. The minimum atomic E-state index is -0.306. The summed E-state index contributed by atoms with van der Waals surface area (Å²) in [4.78, 5) is 27.0. The molecule has 0 bridgehead atoms. The van der Waals surface area contributed by atoms with Crippen LogP contribution in [0.4, 0.5) is 4.39 Å². The van der Waals surface area contributed by atoms with Crippen molar-refractivity contribution in [1.29, 1.82) is 0 Å². The highest BCUT2D eigenvalue weighted by Crippen LogP contribution is 2.28. The van der Waals surface area contributed by atoms with Crippen molar-refractivity contribution in [3.05, 3.63) is 132 Å². The van der Waals surface area contributed by atoms with Crippen LogP contribution in [0.15, 0.2) is 103 Å². The zero-order valence-electron chi connectivity index (χ0n) is 24.2. The van der Waals surface area contributed by atoms with Gasteiger partial charge in [-0.2, -0.15) is 0 Å². The lowest BCUT2D eigenvalue weighted by Crippen LogP contribution is -2.13. The molecule has 0 atom stereocenters. The second-order valence-corrected chi connectivity index (χ2v) is 10.4. The Kier molecular flexibility index (Phi) is 8.38. The number of pyridine rings is 3. The first-order valence-corrected chi connectivity index (χ1v) is 14.4. The standard InChI is InChI=1S/C35H32FN7/c1-3-12-40-34(35-42-32-22-39-21-31(33(32)43-35)26-10-7-11-29(36)14-26)30-15-28(20-41-23(30)2)27-13-25(18-38-19-27)17-37-16-24-8-5-4-6-9-24/h4-11,13-15,18-22,37H,3,12,16-17H2,1-2H3,(H,42,43). The van der Waals surface area contributed by atoms with E-state index in [1.165, 1.54) is 17.7 Å². The van der Waals surface area contributed by atoms with E-state index in [1.807, 2.05) is 49.8 Å². The number of H-pyrrole nitrogens is 1. The first-order valence-electron chi connectivity index (χ1n) is 14.4. The molecular weight excluding hydrogens is 537 g/mol. The summed E-state index contributed by atoms with van der Waals surface area (Å²) in [6.45, 7) is 6.19. The molecule has 0 aliphatic rings. The van der Waals surface area contributed by atoms with Gasteiger partial charge in [0.15, 0.2) is 5.82 Å². The fraction of sp³-hybridized carbons (Fsp3) is 0.171. The number of rotatable bonds is 10. The molecule has 2 N–H and O–H groups in total. The van der Waals surface area contributed by atoms with E-state index in [0.29, 0.717) is 30.0 Å². The molecule has 0 unspecified atom stereocenters. The summed E-state index contributed by atoms with van der Waals surface area (Å²) in [7, 11) is 0. The summed E-state index contributed by atoms with van der Waals surface area (Å²) in [6.07, 6.45) is 9.95. The van der Waals surface area contributed by atoms with E-state index in [-0.39, 0.29) is 5.82 Å². The van der Waals surface area contributed by atoms with Crippen LogP contribution in [-0.4, -0.2) is 37.2 Å². The molecule has 6 rings (SSSR count). The third kappa shape index (κ3) is 6.39. The van der Waals surface area contributed by atoms with Crippen molar-refractivity contribution < 1.29 is 4.39 Å². The lowest BCUT2D eigenvalue weighted by Gasteiger charge is -2.11. The van der Waals surface area contributed by atoms with Crippen molar-refractivity contribution in [2.75, 3.05) is 6.54 Å². The third-order valence-electron chi connectivity index (χ3n) is 7.22. The van der Waals surface area contributed by atoms with E-state index in [2.05, 4.69) is 51.5 Å². The fourth-order valence-electron chi connectivity index (χ4n) is 5.04. The molecule has 0 radical (unpaired) electrons. The van der Waals surface area contributed by atoms with Crippen LogP contribution in [-0.2, 0) is 13.1 Å². The van der Waals surface area contributed by atoms with Crippen LogP contribution in [0.2, 0.25) is 0 Å². The van der Waals surface area contributed by atoms with Crippen LogP contribution in [0.1, 0.15) is 41.6 Å². The monoisotopic (exact) mass is 569 g/mol. The maximum absolute atomic E-state index is 14.0. The van der Waals surface area contributed by atoms with Crippen LogP contribution in [0.3, 0.4) is 0 Å². The molecule has 0 spiro atoms. The van der Waals surface area contributed by atoms with Gasteiger partial charge in [-0.05, 0) is 54.3 Å². The van der Waals surface area contributed by atoms with Crippen LogP contribution >= 0.6 is 0 Å². The summed E-state index contributed by atoms with van der Waals surface area (Å²) in [6, 6.07) is 21.1. The molecule has 2 aromatic carbocycles. The van der Waals surface area contributed by atoms with E-state index >= 15 is 0 Å². The first kappa shape index (κ1) is 28.1. The number of fused-ring (bicyclic) bond motifs is 1. The third-order valence-corrected chi connectivity index (χ3v) is 7.22. The summed E-state index contributed by atoms with van der Waals surface area (Å²) in [5.74, 6) is 0.313. The van der Waals surface area contributed by atoms with Gasteiger partial charge in [0.25, 0.3) is 0 Å². The van der Waals surface area contributed by atoms with Crippen LogP contribution < -0.4 is 5.32 Å². The van der Waals surface area contributed by atoms with Gasteiger partial charge >= 0.3 is 0 Å². The normalized spacial score (nSPS) is 11.7. The van der Waals surface area contributed by atoms with Crippen molar-refractivity contribution in [2.45, 2.75) is 33.4 Å². The Bertz CT molecular complexity index is 1900. The summed E-state index contributed by atoms with van der Waals surface area (Å²) in [5, 5.41) is 3.50. The van der Waals surface area contributed by atoms with Gasteiger partial charge in [-0.1, -0.05) is 49.4 Å². The number of nitrogens with one attached hydrogen (secondary N) is 2. The number of imidazole rings is 1. The number of aryl methyl sites for hydroxylation is 1. The zero-order valence-corrected chi connectivity index (χ0v) is 24.2. The predicted molar refractivity (Wildman–Crippen MR) is 169 cm³/mol. The molecule has 4 heterocycles. The van der Waals surface area contributed by atoms with Crippen molar-refractivity contribution >= 4 is 16.7 Å². The zero-order chi connectivity index (χ0) is 29.6. The van der Waals surface area contributed by atoms with Crippen molar-refractivity contribution in [1.82, 2.24) is 30.2 Å². The Labute approximate surface area is 250 Å². The Morgan fingerprint density at radius 1 is 0.837 bits per heavy atom. The number of nitrogens with zero attached hydrogens (tertiary/aromatic N) is 5. The maximum atomic E-state index is 14.0. The molecule has 4 aromatic heterocycles. The lowest BCUT2D eigenvalue weighted by atomic mass is 10.0. The van der Waals surface area contributed by atoms with Gasteiger partial charge in [0.1, 0.15) is 11.5 Å². The average molecular weight is 570 g/mol. The smallest absolute Gasteiger partial charge is 0.157 e. The van der Waals surface area contributed by atoms with E-state index in [4.69, 9.17) is 15.0 Å². The quantitative estimate of drug-likeness (QED) is 0.172. The Hall–Kier alpha value is -5.08. The van der Waals surface area contributed by atoms with Gasteiger partial charge in [-0.3, -0.25) is 19.9 Å². The SMILES string of the molecule is CCCN=C(c1nc2c(-c3cccc(F)c3)cncc2[nH]1)c1cc(-c2cncc(CNCc3ccccc3)c2)cnc1C. The Morgan fingerprint density at radius 2 is 1.65 bits per heavy atom. The van der Waals surface area contributed by atoms with Crippen molar-refractivity contribution in [3.8, 4) is 22.3 Å². The van der Waals surface area contributed by atoms with Gasteiger partial charge in [0, 0.05) is 72.4 Å². The van der Waals surface area contributed by atoms with Crippen LogP contribution in [0.25, 0.3) is 33.3 Å². The highest BCUT2D eigenvalue weighted by Gasteiger charge is 2.18. The van der Waals surface area contributed by atoms with Gasteiger partial charge in [-0.15, -0.1) is 0 Å². The molecule has 0 saturated carbocycles. The number of hydrogen-bond donors (Lipinski definition) is 2. The Balaban J connectivity index is 1.33. The molecule has 0 fully saturated rings. The molecule has 6 aromatic rings. The molecule has 0 aliphatic heterocycles. The van der Waals surface area contributed by atoms with E-state index in [1.54, 1.807) is 18.5 Å². The second-order valence-electron chi connectivity index (χ2n) is 10.4. The van der Waals surface area contributed by atoms with Crippen molar-refractivity contribution in [3.63, 3.8) is 0 Å². The molecular formula is C35H32FN7. The summed E-state index contributed by atoms with van der Waals surface area (Å²) >= 11 is 0. The van der Waals surface area contributed by atoms with Crippen LogP contribution in [0, 0.1) is 12.7 Å². The number of aromatic nitrogens is 5. The van der Waals surface area contributed by atoms with E-state index in [9.17, 15) is 4.39 Å². The van der Waals surface area contributed by atoms with Gasteiger partial charge in [0.05, 0.1) is 17.2 Å². The van der Waals surface area contributed by atoms with E-state index < -0.39 is 0 Å². The largest absolute Gasteiger partial charge is 0.335 e. The molecule has 0 saturated heterocycles. The molecule has 7 nitrogen and oxygen atoms in total. The molecule has 0 aliphatic carbocycles. The van der Waals surface area contributed by atoms with Crippen molar-refractivity contribution in [2.24, 2.45) is 4.99 Å². The van der Waals surface area contributed by atoms with Gasteiger partial charge in [-0.25, -0.2) is 9.37 Å².